The summed E-state index contributed by atoms with van der Waals surface area (Å²) >= 11 is 0. The Morgan fingerprint density at radius 2 is 2.07 bits per heavy atom. The van der Waals surface area contributed by atoms with Crippen LogP contribution in [0.5, 0.6) is 5.88 Å². The molecule has 0 amide bonds. The largest absolute Gasteiger partial charge is 0.475 e. The average molecular weight is 412 g/mol. The second-order valence-electron chi connectivity index (χ2n) is 8.16. The summed E-state index contributed by atoms with van der Waals surface area (Å²) in [6.07, 6.45) is 8.15. The van der Waals surface area contributed by atoms with Gasteiger partial charge in [-0.05, 0) is 39.0 Å². The van der Waals surface area contributed by atoms with E-state index < -0.39 is 0 Å². The van der Waals surface area contributed by atoms with Crippen LogP contribution in [0.25, 0.3) is 11.0 Å². The first-order valence-corrected chi connectivity index (χ1v) is 10.9. The summed E-state index contributed by atoms with van der Waals surface area (Å²) in [6.45, 7) is 5.48. The third kappa shape index (κ3) is 3.30. The third-order valence-electron chi connectivity index (χ3n) is 6.30. The van der Waals surface area contributed by atoms with Gasteiger partial charge in [0.1, 0.15) is 5.69 Å². The average Bonchev–Trinajstić information content (AvgIpc) is 3.27. The lowest BCUT2D eigenvalue weighted by molar-refractivity contribution is 0.0562. The fourth-order valence-electron chi connectivity index (χ4n) is 4.66. The molecule has 9 heteroatoms. The predicted molar refractivity (Wildman–Crippen MR) is 113 cm³/mol. The number of hydrogen-bond acceptors (Lipinski definition) is 7. The quantitative estimate of drug-likeness (QED) is 0.704. The fraction of sp³-hybridized carbons (Fsp3) is 0.619. The number of hydrogen-bond donors (Lipinski definition) is 1. The molecule has 2 bridgehead atoms. The Balaban J connectivity index is 1.53. The highest BCUT2D eigenvalue weighted by Gasteiger charge is 2.28. The molecule has 3 aromatic rings. The molecule has 1 fully saturated rings. The van der Waals surface area contributed by atoms with Crippen molar-refractivity contribution in [3.05, 3.63) is 17.6 Å². The predicted octanol–water partition coefficient (Wildman–Crippen LogP) is 3.55. The van der Waals surface area contributed by atoms with Crippen LogP contribution in [0.15, 0.2) is 6.20 Å². The number of nitrogens with zero attached hydrogens (tertiary/aromatic N) is 6. The Hall–Kier alpha value is -2.68. The lowest BCUT2D eigenvalue weighted by Crippen LogP contribution is -2.24. The number of rotatable bonds is 3. The minimum atomic E-state index is 0.362. The molecule has 1 saturated carbocycles. The van der Waals surface area contributed by atoms with Gasteiger partial charge >= 0.3 is 0 Å². The number of anilines is 2. The maximum Gasteiger partial charge on any atom is 0.257 e. The first-order chi connectivity index (χ1) is 14.7. The lowest BCUT2D eigenvalue weighted by atomic mass is 9.93. The number of nitrogens with one attached hydrogen (secondary N) is 1. The van der Waals surface area contributed by atoms with Crippen molar-refractivity contribution in [2.24, 2.45) is 0 Å². The van der Waals surface area contributed by atoms with Gasteiger partial charge in [-0.1, -0.05) is 6.92 Å². The summed E-state index contributed by atoms with van der Waals surface area (Å²) in [7, 11) is 1.80. The zero-order valence-electron chi connectivity index (χ0n) is 17.9. The van der Waals surface area contributed by atoms with Gasteiger partial charge in [0, 0.05) is 26.3 Å². The zero-order valence-corrected chi connectivity index (χ0v) is 17.9. The van der Waals surface area contributed by atoms with Crippen LogP contribution in [0.4, 0.5) is 11.6 Å². The second kappa shape index (κ2) is 7.86. The molecule has 0 unspecified atom stereocenters. The summed E-state index contributed by atoms with van der Waals surface area (Å²) in [6, 6.07) is 0.365. The van der Waals surface area contributed by atoms with Gasteiger partial charge in [-0.15, -0.1) is 5.10 Å². The van der Waals surface area contributed by atoms with Gasteiger partial charge in [-0.25, -0.2) is 9.67 Å². The molecular formula is C21H29N7O2. The number of aryl methyl sites for hydroxylation is 2. The first kappa shape index (κ1) is 19.3. The standard InChI is InChI=1S/C21H29N7O2/c1-4-17-18-20(26-28(17)14-6-8-15(29-3)9-7-14)30-11-5-10-27-19-16(13(2)25-27)12-22-21(23-18)24-19/h12,14-15H,4-11H2,1-3H3,(H,22,23,24)/t14-,15-. The summed E-state index contributed by atoms with van der Waals surface area (Å²) in [5.41, 5.74) is 3.83. The van der Waals surface area contributed by atoms with E-state index in [0.717, 1.165) is 73.2 Å². The normalized spacial score (nSPS) is 21.7. The molecule has 1 aliphatic heterocycles. The van der Waals surface area contributed by atoms with Crippen LogP contribution in [0.2, 0.25) is 0 Å². The molecule has 30 heavy (non-hydrogen) atoms. The molecule has 9 nitrogen and oxygen atoms in total. The highest BCUT2D eigenvalue weighted by molar-refractivity contribution is 5.79. The van der Waals surface area contributed by atoms with Gasteiger partial charge in [0.15, 0.2) is 5.65 Å². The summed E-state index contributed by atoms with van der Waals surface area (Å²) in [5.74, 6) is 1.19. The van der Waals surface area contributed by atoms with Gasteiger partial charge in [0.25, 0.3) is 5.88 Å². The van der Waals surface area contributed by atoms with Crippen LogP contribution in [0.1, 0.15) is 56.5 Å². The van der Waals surface area contributed by atoms with Crippen LogP contribution in [-0.2, 0) is 17.7 Å². The smallest absolute Gasteiger partial charge is 0.257 e. The van der Waals surface area contributed by atoms with Crippen molar-refractivity contribution in [2.75, 3.05) is 19.0 Å². The highest BCUT2D eigenvalue weighted by atomic mass is 16.5. The van der Waals surface area contributed by atoms with Crippen LogP contribution >= 0.6 is 0 Å². The van der Waals surface area contributed by atoms with Crippen molar-refractivity contribution < 1.29 is 9.47 Å². The van der Waals surface area contributed by atoms with Crippen LogP contribution in [0, 0.1) is 6.92 Å². The zero-order chi connectivity index (χ0) is 20.7. The Morgan fingerprint density at radius 1 is 1.23 bits per heavy atom. The molecule has 1 aliphatic carbocycles. The van der Waals surface area contributed by atoms with Gasteiger partial charge in [0.2, 0.25) is 5.95 Å². The molecule has 4 heterocycles. The maximum absolute atomic E-state index is 6.14. The molecule has 5 rings (SSSR count). The van der Waals surface area contributed by atoms with Crippen LogP contribution in [0.3, 0.4) is 0 Å². The summed E-state index contributed by atoms with van der Waals surface area (Å²) in [5, 5.41) is 13.9. The van der Waals surface area contributed by atoms with Crippen molar-refractivity contribution in [3.63, 3.8) is 0 Å². The molecular weight excluding hydrogens is 382 g/mol. The van der Waals surface area contributed by atoms with Gasteiger partial charge in [0.05, 0.1) is 35.5 Å². The molecule has 160 valence electrons. The highest BCUT2D eigenvalue weighted by Crippen LogP contribution is 2.37. The SMILES string of the molecule is CCc1c2c(nn1[C@H]1CC[C@H](OC)CC1)OCCCn1nc(C)c3cnc(nc31)N2. The topological polar surface area (TPSA) is 91.9 Å². The Labute approximate surface area is 175 Å². The van der Waals surface area contributed by atoms with E-state index >= 15 is 0 Å². The number of methoxy groups -OCH3 is 1. The van der Waals surface area contributed by atoms with Crippen molar-refractivity contribution in [3.8, 4) is 5.88 Å². The van der Waals surface area contributed by atoms with Crippen LogP contribution in [-0.4, -0.2) is 49.3 Å². The number of aromatic nitrogens is 6. The minimum absolute atomic E-state index is 0.362. The Kier molecular flexibility index (Phi) is 5.06. The number of ether oxygens (including phenoxy) is 2. The molecule has 0 aromatic carbocycles. The van der Waals surface area contributed by atoms with Gasteiger partial charge < -0.3 is 14.8 Å². The monoisotopic (exact) mass is 411 g/mol. The van der Waals surface area contributed by atoms with E-state index in [2.05, 4.69) is 27.0 Å². The summed E-state index contributed by atoms with van der Waals surface area (Å²) in [4.78, 5) is 9.31. The van der Waals surface area contributed by atoms with E-state index in [0.29, 0.717) is 30.6 Å². The maximum atomic E-state index is 6.14. The van der Waals surface area contributed by atoms with Crippen molar-refractivity contribution in [1.82, 2.24) is 29.5 Å². The lowest BCUT2D eigenvalue weighted by Gasteiger charge is -2.28. The molecule has 2 aliphatic rings. The fourth-order valence-corrected chi connectivity index (χ4v) is 4.66. The third-order valence-corrected chi connectivity index (χ3v) is 6.30. The van der Waals surface area contributed by atoms with E-state index in [1.165, 1.54) is 0 Å². The van der Waals surface area contributed by atoms with E-state index in [9.17, 15) is 0 Å². The van der Waals surface area contributed by atoms with Crippen LogP contribution < -0.4 is 10.1 Å². The van der Waals surface area contributed by atoms with E-state index in [4.69, 9.17) is 19.6 Å². The Bertz CT molecular complexity index is 1050. The van der Waals surface area contributed by atoms with E-state index in [-0.39, 0.29) is 0 Å². The van der Waals surface area contributed by atoms with E-state index in [1.54, 1.807) is 7.11 Å². The summed E-state index contributed by atoms with van der Waals surface area (Å²) < 4.78 is 15.8. The van der Waals surface area contributed by atoms with Gasteiger partial charge in [-0.2, -0.15) is 10.1 Å². The second-order valence-corrected chi connectivity index (χ2v) is 8.16. The molecule has 0 radical (unpaired) electrons. The first-order valence-electron chi connectivity index (χ1n) is 10.9. The van der Waals surface area contributed by atoms with E-state index in [1.807, 2.05) is 17.8 Å². The van der Waals surface area contributed by atoms with Gasteiger partial charge in [-0.3, -0.25) is 4.68 Å². The molecule has 3 aromatic heterocycles. The van der Waals surface area contributed by atoms with Crippen molar-refractivity contribution in [1.29, 1.82) is 0 Å². The minimum Gasteiger partial charge on any atom is -0.475 e. The Morgan fingerprint density at radius 3 is 2.83 bits per heavy atom. The molecule has 0 saturated heterocycles. The van der Waals surface area contributed by atoms with Crippen molar-refractivity contribution in [2.45, 2.75) is 71.1 Å². The molecule has 1 N–H and O–H groups in total. The molecule has 0 atom stereocenters. The molecule has 0 spiro atoms. The van der Waals surface area contributed by atoms with Crippen molar-refractivity contribution >= 4 is 22.7 Å². The number of fused-ring (bicyclic) bond motifs is 2.